The van der Waals surface area contributed by atoms with Gasteiger partial charge in [-0.1, -0.05) is 43.7 Å². The SMILES string of the molecule is CCCCOC(=O)[C@@H](CCCl)NS(=O)(=O)Cc1ccccc1. The summed E-state index contributed by atoms with van der Waals surface area (Å²) in [6, 6.07) is 7.83. The fourth-order valence-electron chi connectivity index (χ4n) is 1.80. The van der Waals surface area contributed by atoms with Gasteiger partial charge in [0.1, 0.15) is 6.04 Å². The molecule has 1 rings (SSSR count). The summed E-state index contributed by atoms with van der Waals surface area (Å²) in [5, 5.41) is 0. The minimum Gasteiger partial charge on any atom is -0.465 e. The van der Waals surface area contributed by atoms with Crippen molar-refractivity contribution in [1.82, 2.24) is 4.72 Å². The van der Waals surface area contributed by atoms with Gasteiger partial charge in [0.05, 0.1) is 12.4 Å². The number of halogens is 1. The molecule has 0 aliphatic rings. The van der Waals surface area contributed by atoms with E-state index in [1.165, 1.54) is 0 Å². The van der Waals surface area contributed by atoms with E-state index in [0.717, 1.165) is 12.8 Å². The highest BCUT2D eigenvalue weighted by atomic mass is 35.5. The van der Waals surface area contributed by atoms with Crippen molar-refractivity contribution in [3.8, 4) is 0 Å². The van der Waals surface area contributed by atoms with Gasteiger partial charge in [0.2, 0.25) is 10.0 Å². The van der Waals surface area contributed by atoms with Crippen molar-refractivity contribution in [3.63, 3.8) is 0 Å². The van der Waals surface area contributed by atoms with Gasteiger partial charge < -0.3 is 4.74 Å². The average Bonchev–Trinajstić information content (AvgIpc) is 2.47. The molecule has 0 aromatic heterocycles. The molecule has 1 N–H and O–H groups in total. The lowest BCUT2D eigenvalue weighted by Crippen LogP contribution is -2.42. The van der Waals surface area contributed by atoms with Crippen LogP contribution in [-0.2, 0) is 25.3 Å². The third-order valence-corrected chi connectivity index (χ3v) is 4.52. The Bertz CT molecular complexity index is 548. The fraction of sp³-hybridized carbons (Fsp3) is 0.533. The van der Waals surface area contributed by atoms with Gasteiger partial charge in [0.25, 0.3) is 0 Å². The van der Waals surface area contributed by atoms with Gasteiger partial charge in [-0.25, -0.2) is 13.1 Å². The number of benzene rings is 1. The number of unbranched alkanes of at least 4 members (excludes halogenated alkanes) is 1. The monoisotopic (exact) mass is 347 g/mol. The molecule has 7 heteroatoms. The van der Waals surface area contributed by atoms with Gasteiger partial charge in [-0.2, -0.15) is 0 Å². The lowest BCUT2D eigenvalue weighted by molar-refractivity contribution is -0.145. The highest BCUT2D eigenvalue weighted by molar-refractivity contribution is 7.88. The smallest absolute Gasteiger partial charge is 0.324 e. The second-order valence-electron chi connectivity index (χ2n) is 4.91. The molecule has 0 unspecified atom stereocenters. The summed E-state index contributed by atoms with van der Waals surface area (Å²) in [6.07, 6.45) is 1.84. The first-order valence-electron chi connectivity index (χ1n) is 7.25. The van der Waals surface area contributed by atoms with Gasteiger partial charge in [-0.05, 0) is 18.4 Å². The Balaban J connectivity index is 2.66. The zero-order valence-corrected chi connectivity index (χ0v) is 14.2. The molecule has 0 aliphatic heterocycles. The first kappa shape index (κ1) is 18.9. The van der Waals surface area contributed by atoms with Crippen molar-refractivity contribution in [3.05, 3.63) is 35.9 Å². The summed E-state index contributed by atoms with van der Waals surface area (Å²) in [6.45, 7) is 2.27. The highest BCUT2D eigenvalue weighted by Gasteiger charge is 2.25. The lowest BCUT2D eigenvalue weighted by atomic mass is 10.2. The van der Waals surface area contributed by atoms with E-state index >= 15 is 0 Å². The Hall–Kier alpha value is -1.11. The molecule has 1 aromatic rings. The van der Waals surface area contributed by atoms with E-state index in [0.29, 0.717) is 5.56 Å². The normalized spacial score (nSPS) is 12.8. The second kappa shape index (κ2) is 9.82. The number of alkyl halides is 1. The zero-order chi connectivity index (χ0) is 16.4. The molecule has 0 radical (unpaired) electrons. The van der Waals surface area contributed by atoms with Crippen LogP contribution in [-0.4, -0.2) is 32.9 Å². The zero-order valence-electron chi connectivity index (χ0n) is 12.6. The van der Waals surface area contributed by atoms with Gasteiger partial charge in [-0.3, -0.25) is 4.79 Å². The molecule has 0 heterocycles. The van der Waals surface area contributed by atoms with E-state index in [1.807, 2.05) is 13.0 Å². The molecule has 0 saturated heterocycles. The predicted octanol–water partition coefficient (Wildman–Crippen LogP) is 2.45. The summed E-state index contributed by atoms with van der Waals surface area (Å²) >= 11 is 5.65. The summed E-state index contributed by atoms with van der Waals surface area (Å²) in [5.74, 6) is -0.596. The number of carbonyl (C=O) groups is 1. The molecule has 1 atom stereocenters. The minimum atomic E-state index is -3.64. The van der Waals surface area contributed by atoms with Crippen LogP contribution in [0.25, 0.3) is 0 Å². The standard InChI is InChI=1S/C15H22ClNO4S/c1-2-3-11-21-15(18)14(9-10-16)17-22(19,20)12-13-7-5-4-6-8-13/h4-8,14,17H,2-3,9-12H2,1H3/t14-/m1/s1. The molecule has 0 saturated carbocycles. The maximum absolute atomic E-state index is 12.2. The van der Waals surface area contributed by atoms with Gasteiger partial charge in [0.15, 0.2) is 0 Å². The number of hydrogen-bond donors (Lipinski definition) is 1. The van der Waals surface area contributed by atoms with E-state index in [9.17, 15) is 13.2 Å². The molecule has 0 fully saturated rings. The van der Waals surface area contributed by atoms with Crippen molar-refractivity contribution in [2.45, 2.75) is 38.0 Å². The van der Waals surface area contributed by atoms with Crippen LogP contribution in [0.3, 0.4) is 0 Å². The third-order valence-electron chi connectivity index (χ3n) is 2.95. The maximum atomic E-state index is 12.2. The molecule has 0 spiro atoms. The molecule has 0 bridgehead atoms. The van der Waals surface area contributed by atoms with Gasteiger partial charge in [-0.15, -0.1) is 11.6 Å². The van der Waals surface area contributed by atoms with E-state index in [1.54, 1.807) is 24.3 Å². The quantitative estimate of drug-likeness (QED) is 0.401. The Labute approximate surface area is 137 Å². The number of ether oxygens (including phenoxy) is 1. The number of carbonyl (C=O) groups excluding carboxylic acids is 1. The molecule has 124 valence electrons. The summed E-state index contributed by atoms with van der Waals surface area (Å²) in [5.41, 5.74) is 0.652. The molecule has 1 aromatic carbocycles. The number of rotatable bonds is 10. The van der Waals surface area contributed by atoms with E-state index in [-0.39, 0.29) is 24.7 Å². The minimum absolute atomic E-state index is 0.168. The lowest BCUT2D eigenvalue weighted by Gasteiger charge is -2.16. The average molecular weight is 348 g/mol. The molecule has 5 nitrogen and oxygen atoms in total. The van der Waals surface area contributed by atoms with E-state index in [4.69, 9.17) is 16.3 Å². The highest BCUT2D eigenvalue weighted by Crippen LogP contribution is 2.07. The van der Waals surface area contributed by atoms with Crippen LogP contribution < -0.4 is 4.72 Å². The van der Waals surface area contributed by atoms with Crippen LogP contribution in [0, 0.1) is 0 Å². The number of nitrogens with one attached hydrogen (secondary N) is 1. The molecule has 0 amide bonds. The second-order valence-corrected chi connectivity index (χ2v) is 7.05. The number of hydrogen-bond acceptors (Lipinski definition) is 4. The first-order valence-corrected chi connectivity index (χ1v) is 9.43. The summed E-state index contributed by atoms with van der Waals surface area (Å²) in [7, 11) is -3.64. The van der Waals surface area contributed by atoms with Gasteiger partial charge >= 0.3 is 5.97 Å². The fourth-order valence-corrected chi connectivity index (χ4v) is 3.38. The Morgan fingerprint density at radius 2 is 2.00 bits per heavy atom. The van der Waals surface area contributed by atoms with Crippen LogP contribution >= 0.6 is 11.6 Å². The topological polar surface area (TPSA) is 72.5 Å². The van der Waals surface area contributed by atoms with Crippen molar-refractivity contribution < 1.29 is 17.9 Å². The van der Waals surface area contributed by atoms with Crippen molar-refractivity contribution in [2.24, 2.45) is 0 Å². The number of sulfonamides is 1. The van der Waals surface area contributed by atoms with E-state index < -0.39 is 22.0 Å². The molecule has 0 aliphatic carbocycles. The van der Waals surface area contributed by atoms with Crippen LogP contribution in [0.5, 0.6) is 0 Å². The summed E-state index contributed by atoms with van der Waals surface area (Å²) < 4.78 is 31.8. The summed E-state index contributed by atoms with van der Waals surface area (Å²) in [4.78, 5) is 11.9. The Kier molecular flexibility index (Phi) is 8.45. The van der Waals surface area contributed by atoms with Gasteiger partial charge in [0, 0.05) is 5.88 Å². The van der Waals surface area contributed by atoms with Crippen LogP contribution in [0.4, 0.5) is 0 Å². The van der Waals surface area contributed by atoms with Crippen LogP contribution in [0.15, 0.2) is 30.3 Å². The molecule has 22 heavy (non-hydrogen) atoms. The third kappa shape index (κ3) is 7.24. The Morgan fingerprint density at radius 1 is 1.32 bits per heavy atom. The predicted molar refractivity (Wildman–Crippen MR) is 87.2 cm³/mol. The van der Waals surface area contributed by atoms with Crippen molar-refractivity contribution in [2.75, 3.05) is 12.5 Å². The first-order chi connectivity index (χ1) is 10.5. The molecular formula is C15H22ClNO4S. The van der Waals surface area contributed by atoms with Crippen LogP contribution in [0.2, 0.25) is 0 Å². The van der Waals surface area contributed by atoms with E-state index in [2.05, 4.69) is 4.72 Å². The molecular weight excluding hydrogens is 326 g/mol. The van der Waals surface area contributed by atoms with Crippen LogP contribution in [0.1, 0.15) is 31.7 Å². The largest absolute Gasteiger partial charge is 0.465 e. The van der Waals surface area contributed by atoms with Crippen molar-refractivity contribution >= 4 is 27.6 Å². The van der Waals surface area contributed by atoms with Crippen molar-refractivity contribution in [1.29, 1.82) is 0 Å². The Morgan fingerprint density at radius 3 is 2.59 bits per heavy atom. The number of esters is 1. The maximum Gasteiger partial charge on any atom is 0.324 e.